The highest BCUT2D eigenvalue weighted by molar-refractivity contribution is 5.89. The fraction of sp³-hybridized carbons (Fsp3) is 0.263. The highest BCUT2D eigenvalue weighted by atomic mass is 16.5. The first-order valence-electron chi connectivity index (χ1n) is 7.51. The average molecular weight is 327 g/mol. The number of aliphatic imine (C=N–C) groups is 1. The molecule has 2 aromatic rings. The summed E-state index contributed by atoms with van der Waals surface area (Å²) in [5, 5.41) is 0. The van der Waals surface area contributed by atoms with Crippen molar-refractivity contribution in [3.05, 3.63) is 59.7 Å². The van der Waals surface area contributed by atoms with E-state index in [9.17, 15) is 4.79 Å². The van der Waals surface area contributed by atoms with Gasteiger partial charge in [0.1, 0.15) is 24.1 Å². The minimum absolute atomic E-state index is 0.0346. The third-order valence-corrected chi connectivity index (χ3v) is 3.49. The largest absolute Gasteiger partial charge is 0.497 e. The van der Waals surface area contributed by atoms with Gasteiger partial charge in [0.25, 0.3) is 0 Å². The molecule has 24 heavy (non-hydrogen) atoms. The second kappa shape index (κ2) is 8.84. The van der Waals surface area contributed by atoms with Gasteiger partial charge in [0.15, 0.2) is 5.78 Å². The first kappa shape index (κ1) is 17.7. The SMILES string of the molecule is COc1cc(C=NCC(=O)C(OC)c2ccccc2)cc(OC)c1. The van der Waals surface area contributed by atoms with Gasteiger partial charge in [0, 0.05) is 19.4 Å². The van der Waals surface area contributed by atoms with Crippen LogP contribution in [0.4, 0.5) is 0 Å². The third-order valence-electron chi connectivity index (χ3n) is 3.49. The molecule has 0 aliphatic rings. The molecule has 0 fully saturated rings. The Hall–Kier alpha value is -2.66. The van der Waals surface area contributed by atoms with Crippen LogP contribution in [-0.4, -0.2) is 39.9 Å². The van der Waals surface area contributed by atoms with Crippen molar-refractivity contribution in [1.29, 1.82) is 0 Å². The molecule has 0 spiro atoms. The molecule has 126 valence electrons. The van der Waals surface area contributed by atoms with E-state index in [4.69, 9.17) is 14.2 Å². The zero-order valence-electron chi connectivity index (χ0n) is 14.1. The van der Waals surface area contributed by atoms with Crippen molar-refractivity contribution >= 4 is 12.0 Å². The van der Waals surface area contributed by atoms with E-state index in [2.05, 4.69) is 4.99 Å². The van der Waals surface area contributed by atoms with Crippen molar-refractivity contribution in [2.45, 2.75) is 6.10 Å². The maximum absolute atomic E-state index is 12.3. The van der Waals surface area contributed by atoms with Crippen LogP contribution in [0, 0.1) is 0 Å². The van der Waals surface area contributed by atoms with E-state index in [-0.39, 0.29) is 12.3 Å². The molecule has 0 radical (unpaired) electrons. The van der Waals surface area contributed by atoms with Crippen molar-refractivity contribution in [3.63, 3.8) is 0 Å². The fourth-order valence-corrected chi connectivity index (χ4v) is 2.31. The van der Waals surface area contributed by atoms with Crippen LogP contribution in [-0.2, 0) is 9.53 Å². The standard InChI is InChI=1S/C19H21NO4/c1-22-16-9-14(10-17(11-16)23-2)12-20-13-18(21)19(24-3)15-7-5-4-6-8-15/h4-12,19H,13H2,1-3H3. The van der Waals surface area contributed by atoms with Crippen LogP contribution in [0.1, 0.15) is 17.2 Å². The molecule has 2 rings (SSSR count). The normalized spacial score (nSPS) is 12.1. The molecule has 0 aliphatic carbocycles. The van der Waals surface area contributed by atoms with Crippen molar-refractivity contribution in [3.8, 4) is 11.5 Å². The minimum atomic E-state index is -0.608. The number of hydrogen-bond acceptors (Lipinski definition) is 5. The molecule has 0 amide bonds. The first-order valence-corrected chi connectivity index (χ1v) is 7.51. The Bertz CT molecular complexity index is 676. The smallest absolute Gasteiger partial charge is 0.187 e. The van der Waals surface area contributed by atoms with Gasteiger partial charge in [0.05, 0.1) is 14.2 Å². The van der Waals surface area contributed by atoms with E-state index in [1.54, 1.807) is 26.5 Å². The van der Waals surface area contributed by atoms with E-state index >= 15 is 0 Å². The average Bonchev–Trinajstić information content (AvgIpc) is 2.63. The molecule has 5 nitrogen and oxygen atoms in total. The van der Waals surface area contributed by atoms with Crippen molar-refractivity contribution < 1.29 is 19.0 Å². The lowest BCUT2D eigenvalue weighted by Gasteiger charge is -2.13. The summed E-state index contributed by atoms with van der Waals surface area (Å²) in [6.45, 7) is 0.0346. The highest BCUT2D eigenvalue weighted by Gasteiger charge is 2.18. The maximum atomic E-state index is 12.3. The zero-order chi connectivity index (χ0) is 17.4. The molecule has 0 N–H and O–H groups in total. The maximum Gasteiger partial charge on any atom is 0.187 e. The Morgan fingerprint density at radius 2 is 1.67 bits per heavy atom. The predicted octanol–water partition coefficient (Wildman–Crippen LogP) is 3.08. The highest BCUT2D eigenvalue weighted by Crippen LogP contribution is 2.21. The Morgan fingerprint density at radius 3 is 2.21 bits per heavy atom. The van der Waals surface area contributed by atoms with E-state index in [1.165, 1.54) is 7.11 Å². The monoisotopic (exact) mass is 327 g/mol. The number of ether oxygens (including phenoxy) is 3. The van der Waals surface area contributed by atoms with Crippen LogP contribution in [0.2, 0.25) is 0 Å². The summed E-state index contributed by atoms with van der Waals surface area (Å²) in [7, 11) is 4.69. The molecule has 0 saturated carbocycles. The van der Waals surface area contributed by atoms with Gasteiger partial charge in [-0.3, -0.25) is 9.79 Å². The van der Waals surface area contributed by atoms with Gasteiger partial charge in [-0.15, -0.1) is 0 Å². The molecule has 0 heterocycles. The summed E-state index contributed by atoms with van der Waals surface area (Å²) in [5.74, 6) is 1.23. The van der Waals surface area contributed by atoms with Crippen molar-refractivity contribution in [2.24, 2.45) is 4.99 Å². The number of carbonyl (C=O) groups excluding carboxylic acids is 1. The van der Waals surface area contributed by atoms with Gasteiger partial charge in [-0.05, 0) is 23.3 Å². The number of Topliss-reactive ketones (excluding diaryl/α,β-unsaturated/α-hetero) is 1. The second-order valence-corrected chi connectivity index (χ2v) is 5.11. The molecule has 2 aromatic carbocycles. The lowest BCUT2D eigenvalue weighted by atomic mass is 10.1. The van der Waals surface area contributed by atoms with Crippen LogP contribution in [0.25, 0.3) is 0 Å². The van der Waals surface area contributed by atoms with Gasteiger partial charge in [-0.25, -0.2) is 0 Å². The van der Waals surface area contributed by atoms with Crippen LogP contribution >= 0.6 is 0 Å². The van der Waals surface area contributed by atoms with Gasteiger partial charge in [-0.2, -0.15) is 0 Å². The second-order valence-electron chi connectivity index (χ2n) is 5.11. The van der Waals surface area contributed by atoms with Crippen LogP contribution < -0.4 is 9.47 Å². The van der Waals surface area contributed by atoms with Crippen LogP contribution in [0.3, 0.4) is 0 Å². The summed E-state index contributed by atoms with van der Waals surface area (Å²) >= 11 is 0. The summed E-state index contributed by atoms with van der Waals surface area (Å²) < 4.78 is 15.7. The molecule has 1 unspecified atom stereocenters. The topological polar surface area (TPSA) is 57.1 Å². The number of carbonyl (C=O) groups is 1. The van der Waals surface area contributed by atoms with Gasteiger partial charge >= 0.3 is 0 Å². The Labute approximate surface area is 141 Å². The van der Waals surface area contributed by atoms with Gasteiger partial charge < -0.3 is 14.2 Å². The van der Waals surface area contributed by atoms with E-state index in [1.807, 2.05) is 42.5 Å². The van der Waals surface area contributed by atoms with Crippen molar-refractivity contribution in [2.75, 3.05) is 27.9 Å². The number of methoxy groups -OCH3 is 3. The third kappa shape index (κ3) is 4.67. The summed E-state index contributed by atoms with van der Waals surface area (Å²) in [6, 6.07) is 14.8. The number of rotatable bonds is 8. The number of hydrogen-bond donors (Lipinski definition) is 0. The van der Waals surface area contributed by atoms with E-state index in [0.717, 1.165) is 11.1 Å². The fourth-order valence-electron chi connectivity index (χ4n) is 2.31. The molecular formula is C19H21NO4. The zero-order valence-corrected chi connectivity index (χ0v) is 14.1. The van der Waals surface area contributed by atoms with Crippen LogP contribution in [0.15, 0.2) is 53.5 Å². The molecule has 5 heteroatoms. The molecule has 0 aromatic heterocycles. The molecule has 0 bridgehead atoms. The number of nitrogens with zero attached hydrogens (tertiary/aromatic N) is 1. The first-order chi connectivity index (χ1) is 11.7. The number of benzene rings is 2. The Kier molecular flexibility index (Phi) is 6.51. The lowest BCUT2D eigenvalue weighted by molar-refractivity contribution is -0.127. The quantitative estimate of drug-likeness (QED) is 0.699. The molecule has 0 saturated heterocycles. The predicted molar refractivity (Wildman–Crippen MR) is 93.2 cm³/mol. The Balaban J connectivity index is 2.06. The van der Waals surface area contributed by atoms with Crippen LogP contribution in [0.5, 0.6) is 11.5 Å². The molecular weight excluding hydrogens is 306 g/mol. The lowest BCUT2D eigenvalue weighted by Crippen LogP contribution is -2.17. The number of ketones is 1. The van der Waals surface area contributed by atoms with Gasteiger partial charge in [0.2, 0.25) is 0 Å². The molecule has 1 atom stereocenters. The van der Waals surface area contributed by atoms with Crippen molar-refractivity contribution in [1.82, 2.24) is 0 Å². The van der Waals surface area contributed by atoms with E-state index < -0.39 is 6.10 Å². The summed E-state index contributed by atoms with van der Waals surface area (Å²) in [6.07, 6.45) is 1.02. The summed E-state index contributed by atoms with van der Waals surface area (Å²) in [4.78, 5) is 16.5. The summed E-state index contributed by atoms with van der Waals surface area (Å²) in [5.41, 5.74) is 1.62. The van der Waals surface area contributed by atoms with Gasteiger partial charge in [-0.1, -0.05) is 30.3 Å². The minimum Gasteiger partial charge on any atom is -0.497 e. The van der Waals surface area contributed by atoms with E-state index in [0.29, 0.717) is 11.5 Å². The Morgan fingerprint density at radius 1 is 1.04 bits per heavy atom. The molecule has 0 aliphatic heterocycles.